The number of benzene rings is 1. The normalized spacial score (nSPS) is 25.7. The van der Waals surface area contributed by atoms with Gasteiger partial charge in [0, 0.05) is 25.2 Å². The van der Waals surface area contributed by atoms with Crippen molar-refractivity contribution in [2.24, 2.45) is 5.41 Å². The minimum absolute atomic E-state index is 0.00350. The van der Waals surface area contributed by atoms with Gasteiger partial charge in [0.15, 0.2) is 0 Å². The Kier molecular flexibility index (Phi) is 3.19. The summed E-state index contributed by atoms with van der Waals surface area (Å²) in [4.78, 5) is 23.5. The van der Waals surface area contributed by atoms with Crippen LogP contribution in [0.5, 0.6) is 0 Å². The summed E-state index contributed by atoms with van der Waals surface area (Å²) in [5.74, 6) is 0.359. The van der Waals surface area contributed by atoms with Crippen LogP contribution in [-0.2, 0) is 15.0 Å². The maximum atomic E-state index is 11.7. The van der Waals surface area contributed by atoms with Crippen molar-refractivity contribution in [3.63, 3.8) is 0 Å². The number of nitrogens with one attached hydrogen (secondary N) is 1. The number of carbonyl (C=O) groups excluding carboxylic acids is 2. The minimum atomic E-state index is -0.0454. The first-order valence-electron chi connectivity index (χ1n) is 7.77. The molecule has 0 heterocycles. The van der Waals surface area contributed by atoms with Gasteiger partial charge in [-0.3, -0.25) is 9.59 Å². The summed E-state index contributed by atoms with van der Waals surface area (Å²) in [6.07, 6.45) is 2.98. The van der Waals surface area contributed by atoms with E-state index in [-0.39, 0.29) is 22.8 Å². The van der Waals surface area contributed by atoms with Gasteiger partial charge in [-0.2, -0.15) is 0 Å². The largest absolute Gasteiger partial charge is 0.349 e. The zero-order valence-corrected chi connectivity index (χ0v) is 13.0. The van der Waals surface area contributed by atoms with Crippen molar-refractivity contribution in [3.8, 4) is 0 Å². The molecule has 1 fully saturated rings. The van der Waals surface area contributed by atoms with Crippen molar-refractivity contribution >= 4 is 11.7 Å². The summed E-state index contributed by atoms with van der Waals surface area (Å²) < 4.78 is 0. The van der Waals surface area contributed by atoms with E-state index >= 15 is 0 Å². The SMILES string of the molecule is CC(=O)NC1c2ccccc2C(C)(C)C12CCC(=O)CC2. The molecule has 1 amide bonds. The molecule has 1 aromatic carbocycles. The molecule has 0 bridgehead atoms. The van der Waals surface area contributed by atoms with E-state index in [1.165, 1.54) is 11.1 Å². The quantitative estimate of drug-likeness (QED) is 0.860. The van der Waals surface area contributed by atoms with Crippen LogP contribution < -0.4 is 5.32 Å². The van der Waals surface area contributed by atoms with Crippen LogP contribution in [0.2, 0.25) is 0 Å². The topological polar surface area (TPSA) is 46.2 Å². The number of fused-ring (bicyclic) bond motifs is 1. The van der Waals surface area contributed by atoms with E-state index in [9.17, 15) is 9.59 Å². The maximum absolute atomic E-state index is 11.7. The predicted molar refractivity (Wildman–Crippen MR) is 81.9 cm³/mol. The van der Waals surface area contributed by atoms with E-state index < -0.39 is 0 Å². The Balaban J connectivity index is 2.13. The van der Waals surface area contributed by atoms with E-state index in [1.807, 2.05) is 6.07 Å². The summed E-state index contributed by atoms with van der Waals surface area (Å²) in [6.45, 7) is 6.11. The Morgan fingerprint density at radius 1 is 1.19 bits per heavy atom. The minimum Gasteiger partial charge on any atom is -0.349 e. The van der Waals surface area contributed by atoms with Crippen LogP contribution in [0.25, 0.3) is 0 Å². The molecular formula is C18H23NO2. The summed E-state index contributed by atoms with van der Waals surface area (Å²) in [7, 11) is 0. The number of rotatable bonds is 1. The number of hydrogen-bond acceptors (Lipinski definition) is 2. The molecule has 2 aliphatic rings. The Morgan fingerprint density at radius 2 is 1.81 bits per heavy atom. The van der Waals surface area contributed by atoms with Crippen LogP contribution in [0.15, 0.2) is 24.3 Å². The summed E-state index contributed by atoms with van der Waals surface area (Å²) in [5.41, 5.74) is 2.47. The van der Waals surface area contributed by atoms with Crippen molar-refractivity contribution in [3.05, 3.63) is 35.4 Å². The lowest BCUT2D eigenvalue weighted by Crippen LogP contribution is -2.48. The fourth-order valence-electron chi connectivity index (χ4n) is 4.55. The van der Waals surface area contributed by atoms with Crippen LogP contribution in [-0.4, -0.2) is 11.7 Å². The molecule has 2 aliphatic carbocycles. The van der Waals surface area contributed by atoms with Gasteiger partial charge in [0.05, 0.1) is 6.04 Å². The van der Waals surface area contributed by atoms with Gasteiger partial charge in [0.2, 0.25) is 5.91 Å². The molecular weight excluding hydrogens is 262 g/mol. The highest BCUT2D eigenvalue weighted by Crippen LogP contribution is 2.63. The second-order valence-electron chi connectivity index (χ2n) is 7.04. The van der Waals surface area contributed by atoms with Gasteiger partial charge in [-0.05, 0) is 29.4 Å². The number of Topliss-reactive ketones (excluding diaryl/α,β-unsaturated/α-hetero) is 1. The van der Waals surface area contributed by atoms with Gasteiger partial charge < -0.3 is 5.32 Å². The third-order valence-electron chi connectivity index (χ3n) is 5.79. The average molecular weight is 285 g/mol. The zero-order chi connectivity index (χ0) is 15.3. The maximum Gasteiger partial charge on any atom is 0.217 e. The van der Waals surface area contributed by atoms with Crippen molar-refractivity contribution in [1.29, 1.82) is 0 Å². The molecule has 1 unspecified atom stereocenters. The highest BCUT2D eigenvalue weighted by molar-refractivity contribution is 5.80. The molecule has 1 spiro atoms. The van der Waals surface area contributed by atoms with E-state index in [1.54, 1.807) is 6.92 Å². The van der Waals surface area contributed by atoms with Crippen molar-refractivity contribution in [1.82, 2.24) is 5.32 Å². The van der Waals surface area contributed by atoms with Gasteiger partial charge in [-0.25, -0.2) is 0 Å². The smallest absolute Gasteiger partial charge is 0.217 e. The fraction of sp³-hybridized carbons (Fsp3) is 0.556. The first-order chi connectivity index (χ1) is 9.88. The lowest BCUT2D eigenvalue weighted by Gasteiger charge is -2.48. The number of amides is 1. The number of hydrogen-bond donors (Lipinski definition) is 1. The van der Waals surface area contributed by atoms with Crippen LogP contribution in [0.3, 0.4) is 0 Å². The molecule has 21 heavy (non-hydrogen) atoms. The second-order valence-corrected chi connectivity index (χ2v) is 7.04. The second kappa shape index (κ2) is 4.69. The first-order valence-corrected chi connectivity index (χ1v) is 7.77. The third kappa shape index (κ3) is 1.94. The first kappa shape index (κ1) is 14.3. The van der Waals surface area contributed by atoms with E-state index in [0.29, 0.717) is 18.6 Å². The van der Waals surface area contributed by atoms with Gasteiger partial charge >= 0.3 is 0 Å². The van der Waals surface area contributed by atoms with Crippen LogP contribution in [0.4, 0.5) is 0 Å². The monoisotopic (exact) mass is 285 g/mol. The number of carbonyl (C=O) groups is 2. The van der Waals surface area contributed by atoms with Crippen LogP contribution in [0, 0.1) is 5.41 Å². The Bertz CT molecular complexity index is 593. The molecule has 1 saturated carbocycles. The van der Waals surface area contributed by atoms with Crippen LogP contribution in [0.1, 0.15) is 63.6 Å². The Labute approximate surface area is 126 Å². The molecule has 3 rings (SSSR count). The average Bonchev–Trinajstić information content (AvgIpc) is 2.61. The van der Waals surface area contributed by atoms with Crippen molar-refractivity contribution in [2.45, 2.75) is 57.9 Å². The molecule has 1 atom stereocenters. The van der Waals surface area contributed by atoms with E-state index in [2.05, 4.69) is 37.4 Å². The van der Waals surface area contributed by atoms with Crippen molar-refractivity contribution in [2.75, 3.05) is 0 Å². The summed E-state index contributed by atoms with van der Waals surface area (Å²) in [6, 6.07) is 8.43. The van der Waals surface area contributed by atoms with E-state index in [0.717, 1.165) is 12.8 Å². The molecule has 3 nitrogen and oxygen atoms in total. The highest BCUT2D eigenvalue weighted by atomic mass is 16.1. The number of ketones is 1. The Morgan fingerprint density at radius 3 is 2.43 bits per heavy atom. The molecule has 3 heteroatoms. The van der Waals surface area contributed by atoms with Gasteiger partial charge in [0.25, 0.3) is 0 Å². The molecule has 1 N–H and O–H groups in total. The summed E-state index contributed by atoms with van der Waals surface area (Å²) >= 11 is 0. The summed E-state index contributed by atoms with van der Waals surface area (Å²) in [5, 5.41) is 3.18. The van der Waals surface area contributed by atoms with Gasteiger partial charge in [-0.1, -0.05) is 38.1 Å². The third-order valence-corrected chi connectivity index (χ3v) is 5.79. The fourth-order valence-corrected chi connectivity index (χ4v) is 4.55. The van der Waals surface area contributed by atoms with Gasteiger partial charge in [0.1, 0.15) is 5.78 Å². The molecule has 0 aliphatic heterocycles. The standard InChI is InChI=1S/C18H23NO2/c1-12(20)19-16-14-6-4-5-7-15(14)17(2,3)18(16)10-8-13(21)9-11-18/h4-7,16H,8-11H2,1-3H3,(H,19,20). The highest BCUT2D eigenvalue weighted by Gasteiger charge is 2.58. The molecule has 112 valence electrons. The molecule has 0 saturated heterocycles. The lowest BCUT2D eigenvalue weighted by molar-refractivity contribution is -0.125. The van der Waals surface area contributed by atoms with Gasteiger partial charge in [-0.15, -0.1) is 0 Å². The molecule has 1 aromatic rings. The van der Waals surface area contributed by atoms with Crippen molar-refractivity contribution < 1.29 is 9.59 Å². The molecule has 0 radical (unpaired) electrons. The Hall–Kier alpha value is -1.64. The zero-order valence-electron chi connectivity index (χ0n) is 13.0. The molecule has 0 aromatic heterocycles. The van der Waals surface area contributed by atoms with Crippen LogP contribution >= 0.6 is 0 Å². The predicted octanol–water partition coefficient (Wildman–Crippen LogP) is 3.28. The lowest BCUT2D eigenvalue weighted by atomic mass is 9.57. The van der Waals surface area contributed by atoms with E-state index in [4.69, 9.17) is 0 Å².